The van der Waals surface area contributed by atoms with Crippen LogP contribution < -0.4 is 0 Å². The molecule has 2 atom stereocenters. The van der Waals surface area contributed by atoms with E-state index in [1.165, 1.54) is 45.4 Å². The van der Waals surface area contributed by atoms with Crippen LogP contribution in [0, 0.1) is 0 Å². The summed E-state index contributed by atoms with van der Waals surface area (Å²) in [6, 6.07) is 8.78. The predicted molar refractivity (Wildman–Crippen MR) is 89.4 cm³/mol. The summed E-state index contributed by atoms with van der Waals surface area (Å²) in [5.74, 6) is 0. The minimum Gasteiger partial charge on any atom is -0.388 e. The quantitative estimate of drug-likeness (QED) is 0.901. The first-order valence-corrected chi connectivity index (χ1v) is 8.91. The highest BCUT2D eigenvalue weighted by molar-refractivity contribution is 9.10. The van der Waals surface area contributed by atoms with Gasteiger partial charge < -0.3 is 10.0 Å². The Balaban J connectivity index is 1.52. The molecule has 3 rings (SSSR count). The van der Waals surface area contributed by atoms with Crippen LogP contribution in [0.1, 0.15) is 37.4 Å². The van der Waals surface area contributed by atoms with Crippen molar-refractivity contribution in [3.63, 3.8) is 0 Å². The van der Waals surface area contributed by atoms with Crippen LogP contribution in [-0.2, 0) is 0 Å². The molecule has 1 aromatic rings. The zero-order valence-corrected chi connectivity index (χ0v) is 14.1. The summed E-state index contributed by atoms with van der Waals surface area (Å²) in [6.07, 6.45) is 4.45. The van der Waals surface area contributed by atoms with Crippen LogP contribution in [0.25, 0.3) is 0 Å². The van der Waals surface area contributed by atoms with Crippen LogP contribution in [-0.4, -0.2) is 53.7 Å². The summed E-state index contributed by atoms with van der Waals surface area (Å²) in [7, 11) is 0. The Morgan fingerprint density at radius 2 is 2.10 bits per heavy atom. The molecule has 3 nitrogen and oxygen atoms in total. The number of fused-ring (bicyclic) bond motifs is 1. The Hall–Kier alpha value is -0.420. The summed E-state index contributed by atoms with van der Waals surface area (Å²) < 4.78 is 1.04. The molecule has 2 fully saturated rings. The maximum absolute atomic E-state index is 10.4. The largest absolute Gasteiger partial charge is 0.388 e. The molecular formula is C17H25BrN2O. The average molecular weight is 353 g/mol. The fraction of sp³-hybridized carbons (Fsp3) is 0.647. The number of hydrogen-bond donors (Lipinski definition) is 1. The van der Waals surface area contributed by atoms with E-state index in [0.717, 1.165) is 29.0 Å². The number of aliphatic hydroxyl groups excluding tert-OH is 1. The summed E-state index contributed by atoms with van der Waals surface area (Å²) in [5, 5.41) is 10.4. The zero-order valence-electron chi connectivity index (χ0n) is 12.5. The molecule has 0 saturated carbocycles. The molecule has 2 unspecified atom stereocenters. The van der Waals surface area contributed by atoms with Gasteiger partial charge in [-0.1, -0.05) is 28.1 Å². The third kappa shape index (κ3) is 4.07. The van der Waals surface area contributed by atoms with E-state index in [1.54, 1.807) is 0 Å². The molecule has 2 aliphatic rings. The average Bonchev–Trinajstić information content (AvgIpc) is 2.83. The third-order valence-corrected chi connectivity index (χ3v) is 5.33. The number of halogens is 1. The SMILES string of the molecule is OC(CCN1CCCN2CCCC2C1)c1cccc(Br)c1. The van der Waals surface area contributed by atoms with Crippen molar-refractivity contribution >= 4 is 15.9 Å². The van der Waals surface area contributed by atoms with E-state index in [1.807, 2.05) is 24.3 Å². The molecule has 21 heavy (non-hydrogen) atoms. The zero-order chi connectivity index (χ0) is 14.7. The van der Waals surface area contributed by atoms with Gasteiger partial charge in [0.05, 0.1) is 6.10 Å². The summed E-state index contributed by atoms with van der Waals surface area (Å²) in [6.45, 7) is 5.91. The molecule has 0 aliphatic carbocycles. The highest BCUT2D eigenvalue weighted by Crippen LogP contribution is 2.24. The van der Waals surface area contributed by atoms with Crippen molar-refractivity contribution in [2.24, 2.45) is 0 Å². The van der Waals surface area contributed by atoms with E-state index < -0.39 is 0 Å². The Kier molecular flexibility index (Phi) is 5.33. The van der Waals surface area contributed by atoms with E-state index >= 15 is 0 Å². The first-order valence-electron chi connectivity index (χ1n) is 8.12. The van der Waals surface area contributed by atoms with Gasteiger partial charge in [0.15, 0.2) is 0 Å². The monoisotopic (exact) mass is 352 g/mol. The van der Waals surface area contributed by atoms with Crippen molar-refractivity contribution in [3.05, 3.63) is 34.3 Å². The number of aliphatic hydroxyl groups is 1. The normalized spacial score (nSPS) is 25.5. The lowest BCUT2D eigenvalue weighted by molar-refractivity contribution is 0.137. The second kappa shape index (κ2) is 7.23. The lowest BCUT2D eigenvalue weighted by Crippen LogP contribution is -2.37. The molecule has 1 N–H and O–H groups in total. The maximum Gasteiger partial charge on any atom is 0.0802 e. The summed E-state index contributed by atoms with van der Waals surface area (Å²) in [5.41, 5.74) is 1.02. The summed E-state index contributed by atoms with van der Waals surface area (Å²) >= 11 is 3.47. The Bertz CT molecular complexity index is 468. The number of rotatable bonds is 4. The number of hydrogen-bond acceptors (Lipinski definition) is 3. The van der Waals surface area contributed by atoms with Gasteiger partial charge >= 0.3 is 0 Å². The van der Waals surface area contributed by atoms with Gasteiger partial charge in [-0.05, 0) is 63.0 Å². The van der Waals surface area contributed by atoms with Gasteiger partial charge in [-0.25, -0.2) is 0 Å². The molecule has 0 radical (unpaired) electrons. The molecule has 0 aromatic heterocycles. The van der Waals surface area contributed by atoms with Crippen LogP contribution in [0.4, 0.5) is 0 Å². The van der Waals surface area contributed by atoms with Crippen LogP contribution in [0.3, 0.4) is 0 Å². The second-order valence-corrected chi connectivity index (χ2v) is 7.26. The van der Waals surface area contributed by atoms with Crippen molar-refractivity contribution in [1.29, 1.82) is 0 Å². The van der Waals surface area contributed by atoms with Gasteiger partial charge in [0.25, 0.3) is 0 Å². The minimum atomic E-state index is -0.356. The molecule has 2 heterocycles. The molecule has 116 valence electrons. The van der Waals surface area contributed by atoms with Crippen molar-refractivity contribution in [2.45, 2.75) is 37.8 Å². The van der Waals surface area contributed by atoms with E-state index in [-0.39, 0.29) is 6.10 Å². The standard InChI is InChI=1S/C17H25BrN2O/c18-15-5-1-4-14(12-15)17(21)7-11-19-8-3-10-20-9-2-6-16(20)13-19/h1,4-5,12,16-17,21H,2-3,6-11,13H2. The molecule has 0 amide bonds. The van der Waals surface area contributed by atoms with E-state index in [9.17, 15) is 5.11 Å². The highest BCUT2D eigenvalue weighted by Gasteiger charge is 2.28. The van der Waals surface area contributed by atoms with Gasteiger partial charge in [0.2, 0.25) is 0 Å². The summed E-state index contributed by atoms with van der Waals surface area (Å²) in [4.78, 5) is 5.21. The first kappa shape index (κ1) is 15.5. The lowest BCUT2D eigenvalue weighted by atomic mass is 10.1. The Morgan fingerprint density at radius 1 is 1.24 bits per heavy atom. The van der Waals surface area contributed by atoms with E-state index in [2.05, 4.69) is 25.7 Å². The van der Waals surface area contributed by atoms with Crippen molar-refractivity contribution in [1.82, 2.24) is 9.80 Å². The highest BCUT2D eigenvalue weighted by atomic mass is 79.9. The van der Waals surface area contributed by atoms with Gasteiger partial charge in [0, 0.05) is 23.6 Å². The smallest absolute Gasteiger partial charge is 0.0802 e. The fourth-order valence-corrected chi connectivity index (χ4v) is 4.09. The Labute approximate surface area is 136 Å². The van der Waals surface area contributed by atoms with Gasteiger partial charge in [0.1, 0.15) is 0 Å². The van der Waals surface area contributed by atoms with Crippen LogP contribution in [0.5, 0.6) is 0 Å². The van der Waals surface area contributed by atoms with Crippen molar-refractivity contribution < 1.29 is 5.11 Å². The molecule has 2 saturated heterocycles. The van der Waals surface area contributed by atoms with Gasteiger partial charge in [-0.15, -0.1) is 0 Å². The molecule has 0 spiro atoms. The predicted octanol–water partition coefficient (Wildman–Crippen LogP) is 3.04. The molecule has 4 heteroatoms. The maximum atomic E-state index is 10.4. The Morgan fingerprint density at radius 3 is 2.95 bits per heavy atom. The van der Waals surface area contributed by atoms with Crippen LogP contribution in [0.15, 0.2) is 28.7 Å². The van der Waals surface area contributed by atoms with E-state index in [4.69, 9.17) is 0 Å². The third-order valence-electron chi connectivity index (χ3n) is 4.84. The number of nitrogens with zero attached hydrogens (tertiary/aromatic N) is 2. The number of benzene rings is 1. The molecule has 0 bridgehead atoms. The molecular weight excluding hydrogens is 328 g/mol. The van der Waals surface area contributed by atoms with Crippen LogP contribution >= 0.6 is 15.9 Å². The first-order chi connectivity index (χ1) is 10.2. The van der Waals surface area contributed by atoms with E-state index in [0.29, 0.717) is 0 Å². The second-order valence-electron chi connectivity index (χ2n) is 6.35. The fourth-order valence-electron chi connectivity index (χ4n) is 3.67. The van der Waals surface area contributed by atoms with Crippen molar-refractivity contribution in [3.8, 4) is 0 Å². The topological polar surface area (TPSA) is 26.7 Å². The van der Waals surface area contributed by atoms with Gasteiger partial charge in [-0.2, -0.15) is 0 Å². The minimum absolute atomic E-state index is 0.356. The molecule has 2 aliphatic heterocycles. The van der Waals surface area contributed by atoms with Crippen LogP contribution in [0.2, 0.25) is 0 Å². The van der Waals surface area contributed by atoms with Gasteiger partial charge in [-0.3, -0.25) is 4.90 Å². The van der Waals surface area contributed by atoms with Crippen molar-refractivity contribution in [2.75, 3.05) is 32.7 Å². The lowest BCUT2D eigenvalue weighted by Gasteiger charge is -2.26. The molecule has 1 aromatic carbocycles.